The van der Waals surface area contributed by atoms with E-state index < -0.39 is 0 Å². The van der Waals surface area contributed by atoms with E-state index in [2.05, 4.69) is 50.4 Å². The van der Waals surface area contributed by atoms with Crippen LogP contribution in [0.25, 0.3) is 0 Å². The van der Waals surface area contributed by atoms with Crippen LogP contribution in [0.15, 0.2) is 24.3 Å². The highest BCUT2D eigenvalue weighted by molar-refractivity contribution is 7.99. The van der Waals surface area contributed by atoms with Crippen LogP contribution >= 0.6 is 11.8 Å². The maximum Gasteiger partial charge on any atom is 0.241 e. The van der Waals surface area contributed by atoms with Crippen LogP contribution in [-0.4, -0.2) is 34.4 Å². The van der Waals surface area contributed by atoms with Crippen LogP contribution in [0.3, 0.4) is 0 Å². The van der Waals surface area contributed by atoms with Crippen LogP contribution in [0.5, 0.6) is 0 Å². The van der Waals surface area contributed by atoms with Crippen LogP contribution in [0, 0.1) is 0 Å². The zero-order valence-corrected chi connectivity index (χ0v) is 14.2. The number of rotatable bonds is 6. The lowest BCUT2D eigenvalue weighted by Gasteiger charge is -2.30. The third-order valence-electron chi connectivity index (χ3n) is 4.05. The Bertz CT molecular complexity index is 474. The summed E-state index contributed by atoms with van der Waals surface area (Å²) in [5.41, 5.74) is 2.51. The van der Waals surface area contributed by atoms with Crippen molar-refractivity contribution in [1.29, 1.82) is 0 Å². The Hall–Kier alpha value is -1.00. The van der Waals surface area contributed by atoms with Crippen molar-refractivity contribution in [2.24, 2.45) is 0 Å². The van der Waals surface area contributed by atoms with Crippen molar-refractivity contribution in [2.45, 2.75) is 52.4 Å². The topological polar surface area (TPSA) is 32.3 Å². The highest BCUT2D eigenvalue weighted by atomic mass is 32.2. The van der Waals surface area contributed by atoms with Gasteiger partial charge in [0, 0.05) is 11.8 Å². The molecule has 0 radical (unpaired) electrons. The zero-order chi connectivity index (χ0) is 15.4. The van der Waals surface area contributed by atoms with Gasteiger partial charge in [-0.15, -0.1) is 0 Å². The van der Waals surface area contributed by atoms with Gasteiger partial charge in [0.05, 0.1) is 6.04 Å². The Kier molecular flexibility index (Phi) is 5.71. The lowest BCUT2D eigenvalue weighted by atomic mass is 10.1. The molecule has 2 rings (SSSR count). The number of benzene rings is 1. The summed E-state index contributed by atoms with van der Waals surface area (Å²) in [4.78, 5) is 14.5. The maximum absolute atomic E-state index is 12.5. The lowest BCUT2D eigenvalue weighted by molar-refractivity contribution is -0.131. The highest BCUT2D eigenvalue weighted by Crippen LogP contribution is 2.28. The van der Waals surface area contributed by atoms with Crippen LogP contribution < -0.4 is 5.32 Å². The van der Waals surface area contributed by atoms with E-state index in [4.69, 9.17) is 0 Å². The first-order valence-corrected chi connectivity index (χ1v) is 8.98. The molecule has 1 amide bonds. The number of hydrogen-bond acceptors (Lipinski definition) is 3. The fraction of sp³-hybridized carbons (Fsp3) is 0.588. The predicted octanol–water partition coefficient (Wildman–Crippen LogP) is 3.21. The van der Waals surface area contributed by atoms with Gasteiger partial charge in [-0.1, -0.05) is 38.1 Å². The summed E-state index contributed by atoms with van der Waals surface area (Å²) in [6.07, 6.45) is 1.05. The minimum atomic E-state index is -0.102. The standard InChI is InChI=1S/C17H26N2OS/c1-5-14-7-9-15(10-8-14)16-18-13(4)17(20)19(16)12(3)11-21-6-2/h7-10,12-13,16,18H,5-6,11H2,1-4H3. The largest absolute Gasteiger partial charge is 0.318 e. The molecule has 3 atom stereocenters. The number of nitrogens with zero attached hydrogens (tertiary/aromatic N) is 1. The Morgan fingerprint density at radius 2 is 1.95 bits per heavy atom. The molecule has 0 bridgehead atoms. The van der Waals surface area contributed by atoms with E-state index in [1.54, 1.807) is 0 Å². The van der Waals surface area contributed by atoms with Gasteiger partial charge in [0.25, 0.3) is 0 Å². The van der Waals surface area contributed by atoms with Crippen LogP contribution in [0.2, 0.25) is 0 Å². The number of carbonyl (C=O) groups excluding carboxylic acids is 1. The monoisotopic (exact) mass is 306 g/mol. The van der Waals surface area contributed by atoms with Crippen molar-refractivity contribution in [3.8, 4) is 0 Å². The summed E-state index contributed by atoms with van der Waals surface area (Å²) in [5.74, 6) is 2.29. The van der Waals surface area contributed by atoms with Gasteiger partial charge in [0.15, 0.2) is 0 Å². The van der Waals surface area contributed by atoms with Gasteiger partial charge in [-0.25, -0.2) is 0 Å². The normalized spacial score (nSPS) is 23.6. The van der Waals surface area contributed by atoms with Crippen molar-refractivity contribution < 1.29 is 4.79 Å². The van der Waals surface area contributed by atoms with Crippen molar-refractivity contribution in [3.63, 3.8) is 0 Å². The first kappa shape index (κ1) is 16.4. The third kappa shape index (κ3) is 3.61. The molecule has 0 spiro atoms. The summed E-state index contributed by atoms with van der Waals surface area (Å²) in [6.45, 7) is 8.42. The molecular weight excluding hydrogens is 280 g/mol. The van der Waals surface area contributed by atoms with E-state index in [0.717, 1.165) is 17.9 Å². The molecule has 4 heteroatoms. The van der Waals surface area contributed by atoms with E-state index in [0.29, 0.717) is 0 Å². The molecule has 116 valence electrons. The molecule has 21 heavy (non-hydrogen) atoms. The van der Waals surface area contributed by atoms with E-state index in [-0.39, 0.29) is 24.2 Å². The highest BCUT2D eigenvalue weighted by Gasteiger charge is 2.39. The summed E-state index contributed by atoms with van der Waals surface area (Å²) >= 11 is 1.89. The van der Waals surface area contributed by atoms with Gasteiger partial charge < -0.3 is 4.90 Å². The quantitative estimate of drug-likeness (QED) is 0.876. The maximum atomic E-state index is 12.5. The number of aryl methyl sites for hydroxylation is 1. The molecular formula is C17H26N2OS. The zero-order valence-electron chi connectivity index (χ0n) is 13.4. The molecule has 3 nitrogen and oxygen atoms in total. The second-order valence-corrected chi connectivity index (χ2v) is 6.96. The fourth-order valence-corrected chi connectivity index (χ4v) is 3.51. The molecule has 1 saturated heterocycles. The van der Waals surface area contributed by atoms with Crippen LogP contribution in [0.1, 0.15) is 45.0 Å². The number of thioether (sulfide) groups is 1. The lowest BCUT2D eigenvalue weighted by Crippen LogP contribution is -2.39. The van der Waals surface area contributed by atoms with E-state index in [1.165, 1.54) is 11.1 Å². The summed E-state index contributed by atoms with van der Waals surface area (Å²) in [7, 11) is 0. The predicted molar refractivity (Wildman–Crippen MR) is 90.5 cm³/mol. The van der Waals surface area contributed by atoms with Crippen LogP contribution in [0.4, 0.5) is 0 Å². The molecule has 1 aliphatic heterocycles. The van der Waals surface area contributed by atoms with Gasteiger partial charge in [-0.3, -0.25) is 10.1 Å². The molecule has 3 unspecified atom stereocenters. The summed E-state index contributed by atoms with van der Waals surface area (Å²) in [6, 6.07) is 8.76. The Balaban J connectivity index is 2.20. The molecule has 0 aromatic heterocycles. The van der Waals surface area contributed by atoms with E-state index >= 15 is 0 Å². The fourth-order valence-electron chi connectivity index (χ4n) is 2.77. The van der Waals surface area contributed by atoms with Gasteiger partial charge in [0.2, 0.25) is 5.91 Å². The average molecular weight is 306 g/mol. The van der Waals surface area contributed by atoms with Crippen LogP contribution in [-0.2, 0) is 11.2 Å². The summed E-state index contributed by atoms with van der Waals surface area (Å²) in [5, 5.41) is 3.43. The number of amides is 1. The van der Waals surface area contributed by atoms with Crippen molar-refractivity contribution in [2.75, 3.05) is 11.5 Å². The first-order valence-electron chi connectivity index (χ1n) is 7.83. The average Bonchev–Trinajstić information content (AvgIpc) is 2.80. The second kappa shape index (κ2) is 7.32. The Morgan fingerprint density at radius 3 is 2.52 bits per heavy atom. The third-order valence-corrected chi connectivity index (χ3v) is 5.18. The van der Waals surface area contributed by atoms with Crippen molar-refractivity contribution in [1.82, 2.24) is 10.2 Å². The smallest absolute Gasteiger partial charge is 0.241 e. The Labute approximate surface area is 132 Å². The molecule has 1 heterocycles. The Morgan fingerprint density at radius 1 is 1.29 bits per heavy atom. The van der Waals surface area contributed by atoms with Gasteiger partial charge >= 0.3 is 0 Å². The molecule has 1 aliphatic rings. The van der Waals surface area contributed by atoms with Gasteiger partial charge in [-0.2, -0.15) is 11.8 Å². The molecule has 1 fully saturated rings. The minimum absolute atomic E-state index is 0.00543. The van der Waals surface area contributed by atoms with Crippen molar-refractivity contribution >= 4 is 17.7 Å². The first-order chi connectivity index (χ1) is 10.1. The van der Waals surface area contributed by atoms with Gasteiger partial charge in [0.1, 0.15) is 6.17 Å². The summed E-state index contributed by atoms with van der Waals surface area (Å²) < 4.78 is 0. The molecule has 0 aliphatic carbocycles. The molecule has 0 saturated carbocycles. The van der Waals surface area contributed by atoms with Crippen molar-refractivity contribution in [3.05, 3.63) is 35.4 Å². The molecule has 1 N–H and O–H groups in total. The number of carbonyl (C=O) groups is 1. The van der Waals surface area contributed by atoms with E-state index in [1.807, 2.05) is 23.6 Å². The second-order valence-electron chi connectivity index (χ2n) is 5.64. The minimum Gasteiger partial charge on any atom is -0.318 e. The van der Waals surface area contributed by atoms with E-state index in [9.17, 15) is 4.79 Å². The molecule has 1 aromatic rings. The number of nitrogens with one attached hydrogen (secondary N) is 1. The SMILES string of the molecule is CCSCC(C)N1C(=O)C(C)NC1c1ccc(CC)cc1. The molecule has 1 aromatic carbocycles. The number of hydrogen-bond donors (Lipinski definition) is 1. The van der Waals surface area contributed by atoms with Gasteiger partial charge in [-0.05, 0) is 37.1 Å².